The number of carbonyl (C=O) groups is 1. The van der Waals surface area contributed by atoms with E-state index in [-0.39, 0.29) is 31.2 Å². The molecule has 1 aliphatic rings. The molecule has 0 aromatic carbocycles. The standard InChI is InChI=1S/C11H21NO5S/c13-9-10-5-2-1-3-7-12(10)18(16,17)8-4-6-11(14)15/h10,13H,1-9H2,(H,14,15). The Kier molecular flexibility index (Phi) is 6.04. The van der Waals surface area contributed by atoms with Gasteiger partial charge < -0.3 is 10.2 Å². The molecule has 7 heteroatoms. The molecule has 1 heterocycles. The number of aliphatic carboxylic acids is 1. The zero-order valence-corrected chi connectivity index (χ0v) is 11.2. The minimum absolute atomic E-state index is 0.117. The summed E-state index contributed by atoms with van der Waals surface area (Å²) in [5.74, 6) is -1.14. The summed E-state index contributed by atoms with van der Waals surface area (Å²) in [7, 11) is -3.45. The van der Waals surface area contributed by atoms with Crippen molar-refractivity contribution in [3.8, 4) is 0 Å². The van der Waals surface area contributed by atoms with Gasteiger partial charge in [-0.25, -0.2) is 8.42 Å². The fourth-order valence-corrected chi connectivity index (χ4v) is 4.00. The van der Waals surface area contributed by atoms with E-state index in [9.17, 15) is 18.3 Å². The highest BCUT2D eigenvalue weighted by molar-refractivity contribution is 7.89. The first kappa shape index (κ1) is 15.4. The third-order valence-corrected chi connectivity index (χ3v) is 5.18. The first-order valence-electron chi connectivity index (χ1n) is 6.29. The molecule has 0 aliphatic carbocycles. The average Bonchev–Trinajstić information content (AvgIpc) is 2.53. The Morgan fingerprint density at radius 2 is 2.00 bits per heavy atom. The van der Waals surface area contributed by atoms with E-state index in [1.807, 2.05) is 0 Å². The predicted octanol–water partition coefficient (Wildman–Crippen LogP) is 0.418. The molecule has 0 aromatic heterocycles. The molecule has 0 aromatic rings. The normalized spacial score (nSPS) is 22.6. The van der Waals surface area contributed by atoms with Gasteiger partial charge in [-0.1, -0.05) is 12.8 Å². The number of rotatable bonds is 6. The number of aliphatic hydroxyl groups is 1. The second-order valence-corrected chi connectivity index (χ2v) is 6.65. The van der Waals surface area contributed by atoms with E-state index in [1.54, 1.807) is 0 Å². The van der Waals surface area contributed by atoms with E-state index in [2.05, 4.69) is 0 Å². The van der Waals surface area contributed by atoms with E-state index in [0.29, 0.717) is 13.0 Å². The van der Waals surface area contributed by atoms with Crippen molar-refractivity contribution in [1.29, 1.82) is 0 Å². The van der Waals surface area contributed by atoms with Crippen molar-refractivity contribution in [2.45, 2.75) is 44.6 Å². The zero-order chi connectivity index (χ0) is 13.6. The molecule has 1 unspecified atom stereocenters. The van der Waals surface area contributed by atoms with Crippen molar-refractivity contribution in [3.05, 3.63) is 0 Å². The maximum atomic E-state index is 12.1. The number of hydrogen-bond donors (Lipinski definition) is 2. The highest BCUT2D eigenvalue weighted by Gasteiger charge is 2.30. The SMILES string of the molecule is O=C(O)CCCS(=O)(=O)N1CCCCCC1CO. The Morgan fingerprint density at radius 3 is 2.61 bits per heavy atom. The third-order valence-electron chi connectivity index (χ3n) is 3.18. The molecule has 18 heavy (non-hydrogen) atoms. The van der Waals surface area contributed by atoms with Crippen molar-refractivity contribution >= 4 is 16.0 Å². The zero-order valence-electron chi connectivity index (χ0n) is 10.4. The molecule has 0 saturated carbocycles. The largest absolute Gasteiger partial charge is 0.481 e. The number of hydrogen-bond acceptors (Lipinski definition) is 4. The summed E-state index contributed by atoms with van der Waals surface area (Å²) in [5.41, 5.74) is 0. The first-order valence-corrected chi connectivity index (χ1v) is 7.90. The van der Waals surface area contributed by atoms with Gasteiger partial charge in [0.2, 0.25) is 10.0 Å². The monoisotopic (exact) mass is 279 g/mol. The summed E-state index contributed by atoms with van der Waals surface area (Å²) < 4.78 is 25.6. The topological polar surface area (TPSA) is 94.9 Å². The summed E-state index contributed by atoms with van der Waals surface area (Å²) >= 11 is 0. The lowest BCUT2D eigenvalue weighted by atomic mass is 10.1. The van der Waals surface area contributed by atoms with E-state index < -0.39 is 16.0 Å². The fraction of sp³-hybridized carbons (Fsp3) is 0.909. The van der Waals surface area contributed by atoms with E-state index in [1.165, 1.54) is 4.31 Å². The molecule has 1 saturated heterocycles. The Labute approximate surface area is 108 Å². The first-order chi connectivity index (χ1) is 8.47. The highest BCUT2D eigenvalue weighted by atomic mass is 32.2. The van der Waals surface area contributed by atoms with E-state index in [0.717, 1.165) is 19.3 Å². The molecule has 1 atom stereocenters. The number of carboxylic acid groups (broad SMARTS) is 1. The van der Waals surface area contributed by atoms with Gasteiger partial charge in [0.15, 0.2) is 0 Å². The van der Waals surface area contributed by atoms with Gasteiger partial charge in [-0.05, 0) is 19.3 Å². The van der Waals surface area contributed by atoms with Crippen LogP contribution in [0.4, 0.5) is 0 Å². The van der Waals surface area contributed by atoms with Gasteiger partial charge in [0.1, 0.15) is 0 Å². The van der Waals surface area contributed by atoms with Gasteiger partial charge in [-0.3, -0.25) is 4.79 Å². The van der Waals surface area contributed by atoms with Gasteiger partial charge in [-0.15, -0.1) is 0 Å². The summed E-state index contributed by atoms with van der Waals surface area (Å²) in [4.78, 5) is 10.4. The lowest BCUT2D eigenvalue weighted by Gasteiger charge is -2.27. The lowest BCUT2D eigenvalue weighted by molar-refractivity contribution is -0.137. The second-order valence-electron chi connectivity index (χ2n) is 4.61. The molecule has 106 valence electrons. The van der Waals surface area contributed by atoms with Crippen molar-refractivity contribution in [2.75, 3.05) is 18.9 Å². The van der Waals surface area contributed by atoms with Crippen LogP contribution in [-0.2, 0) is 14.8 Å². The number of carboxylic acids is 1. The van der Waals surface area contributed by atoms with Crippen LogP contribution < -0.4 is 0 Å². The minimum Gasteiger partial charge on any atom is -0.481 e. The number of aliphatic hydroxyl groups excluding tert-OH is 1. The van der Waals surface area contributed by atoms with Crippen LogP contribution in [-0.4, -0.2) is 53.9 Å². The minimum atomic E-state index is -3.45. The van der Waals surface area contributed by atoms with Crippen molar-refractivity contribution in [3.63, 3.8) is 0 Å². The lowest BCUT2D eigenvalue weighted by Crippen LogP contribution is -2.43. The highest BCUT2D eigenvalue weighted by Crippen LogP contribution is 2.20. The molecular weight excluding hydrogens is 258 g/mol. The Morgan fingerprint density at radius 1 is 1.28 bits per heavy atom. The molecular formula is C11H21NO5S. The third kappa shape index (κ3) is 4.55. The van der Waals surface area contributed by atoms with Crippen LogP contribution in [0.25, 0.3) is 0 Å². The summed E-state index contributed by atoms with van der Waals surface area (Å²) in [6.07, 6.45) is 3.34. The summed E-state index contributed by atoms with van der Waals surface area (Å²) in [5, 5.41) is 17.8. The fourth-order valence-electron chi connectivity index (χ4n) is 2.22. The van der Waals surface area contributed by atoms with Crippen LogP contribution in [0.2, 0.25) is 0 Å². The number of nitrogens with zero attached hydrogens (tertiary/aromatic N) is 1. The second kappa shape index (κ2) is 7.06. The van der Waals surface area contributed by atoms with Crippen LogP contribution in [0.15, 0.2) is 0 Å². The molecule has 1 aliphatic heterocycles. The molecule has 6 nitrogen and oxygen atoms in total. The van der Waals surface area contributed by atoms with Crippen LogP contribution in [0.5, 0.6) is 0 Å². The predicted molar refractivity (Wildman–Crippen MR) is 66.7 cm³/mol. The van der Waals surface area contributed by atoms with Gasteiger partial charge in [0, 0.05) is 19.0 Å². The van der Waals surface area contributed by atoms with Gasteiger partial charge >= 0.3 is 5.97 Å². The van der Waals surface area contributed by atoms with Crippen molar-refractivity contribution < 1.29 is 23.4 Å². The summed E-state index contributed by atoms with van der Waals surface area (Å²) in [6, 6.07) is -0.345. The van der Waals surface area contributed by atoms with Crippen LogP contribution >= 0.6 is 0 Å². The molecule has 2 N–H and O–H groups in total. The van der Waals surface area contributed by atoms with Crippen LogP contribution in [0.3, 0.4) is 0 Å². The Hall–Kier alpha value is -0.660. The molecule has 0 bridgehead atoms. The van der Waals surface area contributed by atoms with E-state index >= 15 is 0 Å². The van der Waals surface area contributed by atoms with Crippen LogP contribution in [0.1, 0.15) is 38.5 Å². The molecule has 1 fully saturated rings. The van der Waals surface area contributed by atoms with Crippen LogP contribution in [0, 0.1) is 0 Å². The molecule has 1 rings (SSSR count). The Bertz CT molecular complexity index is 368. The maximum Gasteiger partial charge on any atom is 0.303 e. The van der Waals surface area contributed by atoms with E-state index in [4.69, 9.17) is 5.11 Å². The van der Waals surface area contributed by atoms with Crippen molar-refractivity contribution in [1.82, 2.24) is 4.31 Å². The van der Waals surface area contributed by atoms with Gasteiger partial charge in [0.05, 0.1) is 12.4 Å². The smallest absolute Gasteiger partial charge is 0.303 e. The van der Waals surface area contributed by atoms with Gasteiger partial charge in [0.25, 0.3) is 0 Å². The molecule has 0 amide bonds. The van der Waals surface area contributed by atoms with Gasteiger partial charge in [-0.2, -0.15) is 4.31 Å². The summed E-state index contributed by atoms with van der Waals surface area (Å²) in [6.45, 7) is 0.263. The Balaban J connectivity index is 2.64. The maximum absolute atomic E-state index is 12.1. The molecule has 0 spiro atoms. The molecule has 0 radical (unpaired) electrons. The quantitative estimate of drug-likeness (QED) is 0.734. The van der Waals surface area contributed by atoms with Crippen molar-refractivity contribution in [2.24, 2.45) is 0 Å². The average molecular weight is 279 g/mol. The number of sulfonamides is 1.